The van der Waals surface area contributed by atoms with Crippen molar-refractivity contribution in [2.45, 2.75) is 53.2 Å². The first kappa shape index (κ1) is 26.5. The van der Waals surface area contributed by atoms with Crippen molar-refractivity contribution >= 4 is 12.0 Å². The molecule has 2 amide bonds. The smallest absolute Gasteiger partial charge is 0.410 e. The highest BCUT2D eigenvalue weighted by molar-refractivity contribution is 5.79. The maximum Gasteiger partial charge on any atom is 0.410 e. The van der Waals surface area contributed by atoms with E-state index in [2.05, 4.69) is 13.8 Å². The lowest BCUT2D eigenvalue weighted by molar-refractivity contribution is -0.132. The number of rotatable bonds is 9. The molecule has 1 saturated heterocycles. The molecule has 0 aromatic heterocycles. The number of amides is 2. The van der Waals surface area contributed by atoms with Gasteiger partial charge < -0.3 is 19.3 Å². The third kappa shape index (κ3) is 8.57. The molecule has 0 unspecified atom stereocenters. The van der Waals surface area contributed by atoms with E-state index < -0.39 is 5.60 Å². The number of hydrogen-bond acceptors (Lipinski definition) is 4. The molecule has 190 valence electrons. The fraction of sp³-hybridized carbons (Fsp3) is 0.500. The van der Waals surface area contributed by atoms with Crippen LogP contribution >= 0.6 is 0 Å². The van der Waals surface area contributed by atoms with Gasteiger partial charge in [0.25, 0.3) is 0 Å². The maximum atomic E-state index is 13.4. The lowest BCUT2D eigenvalue weighted by atomic mass is 9.99. The van der Waals surface area contributed by atoms with Crippen molar-refractivity contribution in [1.29, 1.82) is 0 Å². The highest BCUT2D eigenvalue weighted by atomic mass is 19.1. The number of nitrogens with zero attached hydrogens (tertiary/aromatic N) is 2. The molecule has 6 nitrogen and oxygen atoms in total. The highest BCUT2D eigenvalue weighted by Crippen LogP contribution is 2.22. The third-order valence-corrected chi connectivity index (χ3v) is 5.59. The van der Waals surface area contributed by atoms with Crippen LogP contribution in [0.15, 0.2) is 48.5 Å². The Balaban J connectivity index is 1.61. The van der Waals surface area contributed by atoms with Gasteiger partial charge in [-0.15, -0.1) is 0 Å². The zero-order chi connectivity index (χ0) is 25.6. The standard InChI is InChI=1S/C28H37FN2O4/c1-20(2)19-34-25-12-8-21(9-13-25)14-26(32)30(15-22-6-10-24(29)11-7-22)16-23-17-31(18-23)27(33)35-28(3,4)5/h6-13,20,23H,14-19H2,1-5H3. The third-order valence-electron chi connectivity index (χ3n) is 5.59. The summed E-state index contributed by atoms with van der Waals surface area (Å²) in [6.45, 7) is 12.4. The number of carbonyl (C=O) groups excluding carboxylic acids is 2. The van der Waals surface area contributed by atoms with Crippen molar-refractivity contribution < 1.29 is 23.5 Å². The Hall–Kier alpha value is -3.09. The molecular formula is C28H37FN2O4. The van der Waals surface area contributed by atoms with E-state index in [0.717, 1.165) is 16.9 Å². The molecule has 0 atom stereocenters. The number of hydrogen-bond donors (Lipinski definition) is 0. The van der Waals surface area contributed by atoms with Gasteiger partial charge in [0.15, 0.2) is 0 Å². The van der Waals surface area contributed by atoms with Crippen LogP contribution < -0.4 is 4.74 Å². The van der Waals surface area contributed by atoms with Crippen molar-refractivity contribution in [2.24, 2.45) is 11.8 Å². The number of likely N-dealkylation sites (tertiary alicyclic amines) is 1. The van der Waals surface area contributed by atoms with Gasteiger partial charge in [0, 0.05) is 32.1 Å². The van der Waals surface area contributed by atoms with E-state index in [4.69, 9.17) is 9.47 Å². The zero-order valence-electron chi connectivity index (χ0n) is 21.4. The molecule has 1 heterocycles. The molecule has 0 radical (unpaired) electrons. The molecule has 1 fully saturated rings. The SMILES string of the molecule is CC(C)COc1ccc(CC(=O)N(Cc2ccc(F)cc2)CC2CN(C(=O)OC(C)(C)C)C2)cc1. The van der Waals surface area contributed by atoms with E-state index in [1.165, 1.54) is 12.1 Å². The zero-order valence-corrected chi connectivity index (χ0v) is 21.4. The summed E-state index contributed by atoms with van der Waals surface area (Å²) >= 11 is 0. The molecule has 1 aliphatic heterocycles. The summed E-state index contributed by atoms with van der Waals surface area (Å²) in [6.07, 6.45) is -0.0707. The van der Waals surface area contributed by atoms with Crippen LogP contribution in [0.25, 0.3) is 0 Å². The van der Waals surface area contributed by atoms with Crippen molar-refractivity contribution in [3.05, 3.63) is 65.5 Å². The van der Waals surface area contributed by atoms with E-state index in [1.807, 2.05) is 45.0 Å². The Morgan fingerprint density at radius 2 is 1.63 bits per heavy atom. The monoisotopic (exact) mass is 484 g/mol. The molecule has 2 aromatic carbocycles. The summed E-state index contributed by atoms with van der Waals surface area (Å²) in [5.41, 5.74) is 1.22. The molecule has 7 heteroatoms. The summed E-state index contributed by atoms with van der Waals surface area (Å²) in [5, 5.41) is 0. The Bertz CT molecular complexity index is 978. The van der Waals surface area contributed by atoms with Gasteiger partial charge >= 0.3 is 6.09 Å². The lowest BCUT2D eigenvalue weighted by Gasteiger charge is -2.42. The topological polar surface area (TPSA) is 59.1 Å². The maximum absolute atomic E-state index is 13.4. The summed E-state index contributed by atoms with van der Waals surface area (Å²) in [6, 6.07) is 13.8. The van der Waals surface area contributed by atoms with Crippen LogP contribution in [0.2, 0.25) is 0 Å². The van der Waals surface area contributed by atoms with Crippen LogP contribution in [0.4, 0.5) is 9.18 Å². The van der Waals surface area contributed by atoms with E-state index >= 15 is 0 Å². The Kier molecular flexibility index (Phi) is 8.76. The fourth-order valence-corrected chi connectivity index (χ4v) is 3.79. The van der Waals surface area contributed by atoms with Crippen molar-refractivity contribution in [1.82, 2.24) is 9.80 Å². The first-order valence-electron chi connectivity index (χ1n) is 12.2. The van der Waals surface area contributed by atoms with E-state index in [-0.39, 0.29) is 30.2 Å². The molecule has 0 bridgehead atoms. The van der Waals surface area contributed by atoms with Gasteiger partial charge in [-0.1, -0.05) is 38.1 Å². The molecule has 2 aromatic rings. The van der Waals surface area contributed by atoms with Gasteiger partial charge in [0.2, 0.25) is 5.91 Å². The Morgan fingerprint density at radius 1 is 1.03 bits per heavy atom. The summed E-state index contributed by atoms with van der Waals surface area (Å²) in [7, 11) is 0. The van der Waals surface area contributed by atoms with Crippen molar-refractivity contribution in [3.63, 3.8) is 0 Å². The second-order valence-corrected chi connectivity index (χ2v) is 10.7. The van der Waals surface area contributed by atoms with Crippen LogP contribution in [0, 0.1) is 17.7 Å². The average Bonchev–Trinajstić information content (AvgIpc) is 2.74. The van der Waals surface area contributed by atoms with E-state index in [1.54, 1.807) is 21.9 Å². The average molecular weight is 485 g/mol. The number of benzene rings is 2. The molecule has 0 saturated carbocycles. The van der Waals surface area contributed by atoms with Gasteiger partial charge in [-0.3, -0.25) is 4.79 Å². The largest absolute Gasteiger partial charge is 0.493 e. The second kappa shape index (κ2) is 11.6. The van der Waals surface area contributed by atoms with Crippen LogP contribution in [-0.2, 0) is 22.5 Å². The molecule has 0 N–H and O–H groups in total. The van der Waals surface area contributed by atoms with Crippen LogP contribution in [0.1, 0.15) is 45.7 Å². The van der Waals surface area contributed by atoms with Crippen molar-refractivity contribution in [3.8, 4) is 5.75 Å². The molecule has 3 rings (SSSR count). The molecular weight excluding hydrogens is 447 g/mol. The normalized spacial score (nSPS) is 14.0. The Morgan fingerprint density at radius 3 is 2.20 bits per heavy atom. The van der Waals surface area contributed by atoms with Gasteiger partial charge in [0.1, 0.15) is 17.2 Å². The predicted octanol–water partition coefficient (Wildman–Crippen LogP) is 5.30. The van der Waals surface area contributed by atoms with Gasteiger partial charge in [-0.25, -0.2) is 9.18 Å². The van der Waals surface area contributed by atoms with Crippen LogP contribution in [0.5, 0.6) is 5.75 Å². The second-order valence-electron chi connectivity index (χ2n) is 10.7. The van der Waals surface area contributed by atoms with E-state index in [9.17, 15) is 14.0 Å². The number of halogens is 1. The predicted molar refractivity (Wildman–Crippen MR) is 134 cm³/mol. The Labute approximate surface area is 208 Å². The van der Waals surface area contributed by atoms with Crippen molar-refractivity contribution in [2.75, 3.05) is 26.2 Å². The van der Waals surface area contributed by atoms with Gasteiger partial charge in [0.05, 0.1) is 13.0 Å². The first-order chi connectivity index (χ1) is 16.5. The minimum absolute atomic E-state index is 0.0131. The van der Waals surface area contributed by atoms with E-state index in [0.29, 0.717) is 38.7 Å². The molecule has 1 aliphatic rings. The highest BCUT2D eigenvalue weighted by Gasteiger charge is 2.35. The quantitative estimate of drug-likeness (QED) is 0.485. The first-order valence-corrected chi connectivity index (χ1v) is 12.2. The number of ether oxygens (including phenoxy) is 2. The molecule has 0 aliphatic carbocycles. The summed E-state index contributed by atoms with van der Waals surface area (Å²) in [4.78, 5) is 29.0. The minimum Gasteiger partial charge on any atom is -0.493 e. The molecule has 35 heavy (non-hydrogen) atoms. The fourth-order valence-electron chi connectivity index (χ4n) is 3.79. The van der Waals surface area contributed by atoms with Gasteiger partial charge in [-0.05, 0) is 62.1 Å². The van der Waals surface area contributed by atoms with Crippen LogP contribution in [0.3, 0.4) is 0 Å². The summed E-state index contributed by atoms with van der Waals surface area (Å²) < 4.78 is 24.5. The van der Waals surface area contributed by atoms with Crippen LogP contribution in [-0.4, -0.2) is 53.6 Å². The minimum atomic E-state index is -0.540. The van der Waals surface area contributed by atoms with Gasteiger partial charge in [-0.2, -0.15) is 0 Å². The number of carbonyl (C=O) groups is 2. The molecule has 0 spiro atoms. The lowest BCUT2D eigenvalue weighted by Crippen LogP contribution is -2.55. The summed E-state index contributed by atoms with van der Waals surface area (Å²) in [5.74, 6) is 1.07.